The van der Waals surface area contributed by atoms with Crippen LogP contribution in [-0.2, 0) is 44.5 Å². The van der Waals surface area contributed by atoms with Gasteiger partial charge >= 0.3 is 0 Å². The van der Waals surface area contributed by atoms with Gasteiger partial charge in [0.2, 0.25) is 47.8 Å². The summed E-state index contributed by atoms with van der Waals surface area (Å²) in [6.07, 6.45) is 4.29. The van der Waals surface area contributed by atoms with E-state index in [9.17, 15) is 55.0 Å². The molecule has 3 amide bonds. The van der Waals surface area contributed by atoms with Gasteiger partial charge in [-0.15, -0.1) is 0 Å². The Kier molecular flexibility index (Phi) is 31.9. The van der Waals surface area contributed by atoms with Crippen LogP contribution >= 0.6 is 69.6 Å². The van der Waals surface area contributed by atoms with Gasteiger partial charge in [0.1, 0.15) is 55.2 Å². The van der Waals surface area contributed by atoms with Crippen molar-refractivity contribution in [3.05, 3.63) is 139 Å². The number of carbonyl (C=O) groups is 3. The van der Waals surface area contributed by atoms with E-state index >= 15 is 0 Å². The topological polar surface area (TPSA) is 317 Å². The van der Waals surface area contributed by atoms with Crippen molar-refractivity contribution < 1.29 is 97.6 Å². The lowest BCUT2D eigenvalue weighted by molar-refractivity contribution is -0.136. The molecule has 36 heteroatoms. The lowest BCUT2D eigenvalue weighted by Crippen LogP contribution is -2.57. The Balaban J connectivity index is 0.000000185. The number of hydrogen-bond donors (Lipinski definition) is 3. The van der Waals surface area contributed by atoms with Gasteiger partial charge in [0.15, 0.2) is 34.5 Å². The number of ether oxygens (including phenoxy) is 9. The van der Waals surface area contributed by atoms with E-state index in [4.69, 9.17) is 112 Å². The van der Waals surface area contributed by atoms with Crippen LogP contribution in [0.5, 0.6) is 51.7 Å². The van der Waals surface area contributed by atoms with Crippen molar-refractivity contribution >= 4 is 117 Å². The lowest BCUT2D eigenvalue weighted by atomic mass is 9.80. The average molecular weight is 1800 g/mol. The van der Waals surface area contributed by atoms with Crippen LogP contribution in [0, 0.1) is 17.8 Å². The summed E-state index contributed by atoms with van der Waals surface area (Å²) in [6.45, 7) is 8.70. The summed E-state index contributed by atoms with van der Waals surface area (Å²) in [6, 6.07) is 23.8. The standard InChI is InChI=1S/3C27H34Cl2N2O7S/c1-27(2,33)21-16-30(10-11-38-19-8-9-24(36-3)25(15-19)37-4)26(32)23-7-5-6-22(21)31(23)39(34,35)20-13-17(28)12-18(29)14-20;2*1-17(32)11-18-16-30(9-10-38-21-7-8-25(36-2)26(15-21)37-3)27(33)24-6-4-5-23(18)31(24)39(34,35)22-13-19(28)12-20(29)14-22/h8-9,12-15,21-23,33H,5-7,10-11,16H2,1-4H3;2*7-8,12-15,17-18,23-24,32H,4-6,9-11,16H2,1-3H3/t21-,22?,23?;17-,18+,23?,24?;17-,18-,23?,24?/m010/s1. The second-order valence-corrected chi connectivity index (χ2v) is 38.4. The average Bonchev–Trinajstić information content (AvgIpc) is 1.69. The second kappa shape index (κ2) is 40.3. The molecule has 6 aliphatic heterocycles. The summed E-state index contributed by atoms with van der Waals surface area (Å²) in [4.78, 5) is 46.3. The van der Waals surface area contributed by atoms with Crippen LogP contribution in [0.4, 0.5) is 0 Å². The van der Waals surface area contributed by atoms with E-state index in [1.54, 1.807) is 118 Å². The Hall–Kier alpha value is -6.72. The molecular formula is C81H102Cl6N6O21S3. The smallest absolute Gasteiger partial charge is 0.244 e. The van der Waals surface area contributed by atoms with Crippen LogP contribution in [0.2, 0.25) is 30.1 Å². The quantitative estimate of drug-likeness (QED) is 0.0393. The minimum absolute atomic E-state index is 0.0502. The maximum Gasteiger partial charge on any atom is 0.244 e. The number of halogens is 6. The summed E-state index contributed by atoms with van der Waals surface area (Å²) in [5, 5.41) is 32.9. The van der Waals surface area contributed by atoms with Crippen LogP contribution in [0.15, 0.2) is 124 Å². The SMILES string of the molecule is COc1ccc(OCCN2C[C@H](C(C)(C)O)C3CCCC(C2=O)N3S(=O)(=O)c2cc(Cl)cc(Cl)c2)cc1OC.COc1ccc(OCCN2C[C@H](C[C@@H](C)O)C3CCCC(C2=O)N3S(=O)(=O)c2cc(Cl)cc(Cl)c2)cc1OC.COc1ccc(OCCN2C[C@H](C[C@H](C)O)C3CCCC(C2=O)N3S(=O)(=O)c2cc(Cl)cc(Cl)c2)cc1OC. The molecule has 6 aliphatic rings. The molecule has 0 radical (unpaired) electrons. The van der Waals surface area contributed by atoms with Gasteiger partial charge in [-0.3, -0.25) is 14.4 Å². The van der Waals surface area contributed by atoms with E-state index in [1.807, 2.05) is 0 Å². The van der Waals surface area contributed by atoms with E-state index in [0.29, 0.717) is 135 Å². The fourth-order valence-electron chi connectivity index (χ4n) is 16.7. The molecule has 6 heterocycles. The normalized spacial score (nSPS) is 22.6. The molecule has 117 heavy (non-hydrogen) atoms. The predicted octanol–water partition coefficient (Wildman–Crippen LogP) is 12.7. The molecule has 642 valence electrons. The van der Waals surface area contributed by atoms with Crippen LogP contribution in [-0.4, -0.2) is 242 Å². The molecule has 6 unspecified atom stereocenters. The summed E-state index contributed by atoms with van der Waals surface area (Å²) < 4.78 is 137. The molecule has 6 bridgehead atoms. The van der Waals surface area contributed by atoms with Gasteiger partial charge in [-0.1, -0.05) is 69.6 Å². The minimum Gasteiger partial charge on any atom is -0.493 e. The van der Waals surface area contributed by atoms with E-state index in [-0.39, 0.29) is 120 Å². The monoisotopic (exact) mass is 1800 g/mol. The van der Waals surface area contributed by atoms with E-state index in [1.165, 1.54) is 88.8 Å². The summed E-state index contributed by atoms with van der Waals surface area (Å²) in [5.74, 6) is 2.94. The third kappa shape index (κ3) is 22.2. The Bertz CT molecular complexity index is 4580. The molecule has 6 fully saturated rings. The second-order valence-electron chi connectivity index (χ2n) is 30.3. The van der Waals surface area contributed by atoms with Crippen molar-refractivity contribution in [2.75, 3.05) is 102 Å². The van der Waals surface area contributed by atoms with Crippen molar-refractivity contribution in [1.29, 1.82) is 0 Å². The number of carbonyl (C=O) groups excluding carboxylic acids is 3. The van der Waals surface area contributed by atoms with E-state index in [0.717, 1.165) is 0 Å². The molecule has 6 aromatic rings. The van der Waals surface area contributed by atoms with Gasteiger partial charge in [0, 0.05) is 92.0 Å². The third-order valence-corrected chi connectivity index (χ3v) is 28.9. The number of methoxy groups -OCH3 is 6. The van der Waals surface area contributed by atoms with Crippen LogP contribution in [0.25, 0.3) is 0 Å². The molecule has 12 rings (SSSR count). The zero-order chi connectivity index (χ0) is 85.2. The van der Waals surface area contributed by atoms with E-state index < -0.39 is 90.0 Å². The molecular weight excluding hydrogens is 1700 g/mol. The van der Waals surface area contributed by atoms with Crippen molar-refractivity contribution in [2.24, 2.45) is 17.8 Å². The van der Waals surface area contributed by atoms with E-state index in [2.05, 4.69) is 0 Å². The number of nitrogens with zero attached hydrogens (tertiary/aromatic N) is 6. The number of piperidine rings is 3. The van der Waals surface area contributed by atoms with Crippen LogP contribution in [0.1, 0.15) is 98.3 Å². The zero-order valence-corrected chi connectivity index (χ0v) is 73.7. The van der Waals surface area contributed by atoms with Crippen LogP contribution in [0.3, 0.4) is 0 Å². The summed E-state index contributed by atoms with van der Waals surface area (Å²) in [7, 11) is -3.15. The Morgan fingerprint density at radius 1 is 0.393 bits per heavy atom. The molecule has 3 N–H and O–H groups in total. The molecule has 11 atom stereocenters. The largest absolute Gasteiger partial charge is 0.493 e. The Labute approximate surface area is 715 Å². The molecule has 27 nitrogen and oxygen atoms in total. The first kappa shape index (κ1) is 92.6. The number of rotatable bonds is 29. The fraction of sp³-hybridized carbons (Fsp3) is 0.519. The number of amides is 3. The predicted molar refractivity (Wildman–Crippen MR) is 445 cm³/mol. The highest BCUT2D eigenvalue weighted by atomic mass is 35.5. The first-order valence-electron chi connectivity index (χ1n) is 38.4. The van der Waals surface area contributed by atoms with Crippen molar-refractivity contribution in [1.82, 2.24) is 27.6 Å². The van der Waals surface area contributed by atoms with Gasteiger partial charge in [-0.05, 0) is 201 Å². The highest BCUT2D eigenvalue weighted by molar-refractivity contribution is 7.89. The number of aliphatic hydroxyl groups excluding tert-OH is 2. The molecule has 0 saturated carbocycles. The molecule has 0 spiro atoms. The maximum atomic E-state index is 14.0. The lowest BCUT2D eigenvalue weighted by Gasteiger charge is -2.43. The fourth-order valence-corrected chi connectivity index (χ4v) is 24.5. The minimum atomic E-state index is -4.17. The van der Waals surface area contributed by atoms with Gasteiger partial charge in [-0.25, -0.2) is 25.3 Å². The number of fused-ring (bicyclic) bond motifs is 6. The first-order chi connectivity index (χ1) is 55.4. The highest BCUT2D eigenvalue weighted by Gasteiger charge is 2.55. The van der Waals surface area contributed by atoms with Crippen molar-refractivity contribution in [3.63, 3.8) is 0 Å². The number of aliphatic hydroxyl groups is 3. The zero-order valence-electron chi connectivity index (χ0n) is 66.8. The third-order valence-electron chi connectivity index (χ3n) is 21.9. The molecule has 0 aromatic heterocycles. The van der Waals surface area contributed by atoms with Gasteiger partial charge in [0.05, 0.1) is 94.8 Å². The van der Waals surface area contributed by atoms with Crippen molar-refractivity contribution in [3.8, 4) is 51.7 Å². The van der Waals surface area contributed by atoms with Crippen molar-refractivity contribution in [2.45, 2.75) is 167 Å². The Morgan fingerprint density at radius 2 is 0.658 bits per heavy atom. The summed E-state index contributed by atoms with van der Waals surface area (Å²) in [5.41, 5.74) is -1.26. The van der Waals surface area contributed by atoms with Crippen LogP contribution < -0.4 is 42.6 Å². The number of sulfonamides is 3. The van der Waals surface area contributed by atoms with Gasteiger partial charge < -0.3 is 72.7 Å². The molecule has 0 aliphatic carbocycles. The molecule has 6 aromatic carbocycles. The maximum absolute atomic E-state index is 14.0. The van der Waals surface area contributed by atoms with Gasteiger partial charge in [0.25, 0.3) is 0 Å². The number of hydrogen-bond acceptors (Lipinski definition) is 21. The van der Waals surface area contributed by atoms with Gasteiger partial charge in [-0.2, -0.15) is 12.9 Å². The molecule has 6 saturated heterocycles. The number of benzene rings is 6. The summed E-state index contributed by atoms with van der Waals surface area (Å²) >= 11 is 36.8. The first-order valence-corrected chi connectivity index (χ1v) is 45.0. The Morgan fingerprint density at radius 3 is 0.923 bits per heavy atom. The highest BCUT2D eigenvalue weighted by Crippen LogP contribution is 2.45.